The molecule has 0 aliphatic carbocycles. The summed E-state index contributed by atoms with van der Waals surface area (Å²) in [4.78, 5) is 22.3. The van der Waals surface area contributed by atoms with E-state index in [1.54, 1.807) is 0 Å². The van der Waals surface area contributed by atoms with Crippen molar-refractivity contribution in [3.8, 4) is 0 Å². The first kappa shape index (κ1) is 18.8. The molecular weight excluding hydrogens is 266 g/mol. The molecule has 1 unspecified atom stereocenters. The molecule has 4 N–H and O–H groups in total. The van der Waals surface area contributed by atoms with Crippen molar-refractivity contribution >= 4 is 11.9 Å². The van der Waals surface area contributed by atoms with Gasteiger partial charge in [-0.05, 0) is 19.3 Å². The molecule has 0 aromatic heterocycles. The summed E-state index contributed by atoms with van der Waals surface area (Å²) in [5, 5.41) is 17.0. The van der Waals surface area contributed by atoms with E-state index in [0.717, 1.165) is 12.8 Å². The fourth-order valence-corrected chi connectivity index (χ4v) is 1.59. The fraction of sp³-hybridized carbons (Fsp3) is 0.846. The maximum absolute atomic E-state index is 11.2. The SMILES string of the molecule is NC(CCCCC(=O)OCCO)CCC(=O)OCCO. The van der Waals surface area contributed by atoms with Gasteiger partial charge in [0.05, 0.1) is 13.2 Å². The summed E-state index contributed by atoms with van der Waals surface area (Å²) in [6, 6.07) is -0.106. The van der Waals surface area contributed by atoms with E-state index in [-0.39, 0.29) is 50.8 Å². The van der Waals surface area contributed by atoms with Crippen LogP contribution in [0.4, 0.5) is 0 Å². The maximum atomic E-state index is 11.2. The number of aliphatic hydroxyl groups is 2. The Balaban J connectivity index is 3.46. The third kappa shape index (κ3) is 11.9. The summed E-state index contributed by atoms with van der Waals surface area (Å²) in [5.41, 5.74) is 5.84. The average molecular weight is 291 g/mol. The minimum atomic E-state index is -0.359. The number of carbonyl (C=O) groups excluding carboxylic acids is 2. The van der Waals surface area contributed by atoms with Crippen molar-refractivity contribution in [1.82, 2.24) is 0 Å². The zero-order valence-corrected chi connectivity index (χ0v) is 11.8. The van der Waals surface area contributed by atoms with Crippen LogP contribution in [0, 0.1) is 0 Å². The Kier molecular flexibility index (Phi) is 12.1. The smallest absolute Gasteiger partial charge is 0.305 e. The molecule has 0 amide bonds. The molecule has 0 radical (unpaired) electrons. The van der Waals surface area contributed by atoms with E-state index >= 15 is 0 Å². The molecule has 0 rings (SSSR count). The Morgan fingerprint density at radius 2 is 1.45 bits per heavy atom. The maximum Gasteiger partial charge on any atom is 0.305 e. The van der Waals surface area contributed by atoms with Crippen LogP contribution >= 0.6 is 0 Å². The lowest BCUT2D eigenvalue weighted by atomic mass is 10.0. The zero-order chi connectivity index (χ0) is 15.2. The molecular formula is C13H25NO6. The van der Waals surface area contributed by atoms with Crippen molar-refractivity contribution in [3.05, 3.63) is 0 Å². The molecule has 0 saturated carbocycles. The molecule has 7 nitrogen and oxygen atoms in total. The number of ether oxygens (including phenoxy) is 2. The van der Waals surface area contributed by atoms with Gasteiger partial charge >= 0.3 is 11.9 Å². The van der Waals surface area contributed by atoms with E-state index < -0.39 is 0 Å². The van der Waals surface area contributed by atoms with Crippen LogP contribution in [0.5, 0.6) is 0 Å². The van der Waals surface area contributed by atoms with Crippen LogP contribution in [0.15, 0.2) is 0 Å². The lowest BCUT2D eigenvalue weighted by Crippen LogP contribution is -2.22. The molecule has 0 fully saturated rings. The number of unbranched alkanes of at least 4 members (excludes halogenated alkanes) is 1. The van der Waals surface area contributed by atoms with Crippen molar-refractivity contribution in [1.29, 1.82) is 0 Å². The molecule has 7 heteroatoms. The van der Waals surface area contributed by atoms with Gasteiger partial charge in [0.1, 0.15) is 13.2 Å². The monoisotopic (exact) mass is 291 g/mol. The summed E-state index contributed by atoms with van der Waals surface area (Å²) >= 11 is 0. The minimum absolute atomic E-state index is 0.0179. The molecule has 20 heavy (non-hydrogen) atoms. The highest BCUT2D eigenvalue weighted by atomic mass is 16.5. The molecule has 1 atom stereocenters. The van der Waals surface area contributed by atoms with Crippen molar-refractivity contribution in [2.45, 2.75) is 44.6 Å². The molecule has 0 aromatic rings. The van der Waals surface area contributed by atoms with E-state index in [4.69, 9.17) is 25.4 Å². The van der Waals surface area contributed by atoms with E-state index in [2.05, 4.69) is 0 Å². The van der Waals surface area contributed by atoms with Crippen LogP contribution in [0.3, 0.4) is 0 Å². The van der Waals surface area contributed by atoms with Crippen LogP contribution in [0.2, 0.25) is 0 Å². The normalized spacial score (nSPS) is 11.9. The number of rotatable bonds is 12. The topological polar surface area (TPSA) is 119 Å². The summed E-state index contributed by atoms with van der Waals surface area (Å²) in [6.45, 7) is -0.286. The van der Waals surface area contributed by atoms with Gasteiger partial charge in [-0.3, -0.25) is 9.59 Å². The highest BCUT2D eigenvalue weighted by Crippen LogP contribution is 2.08. The Labute approximate surface area is 119 Å². The molecule has 118 valence electrons. The summed E-state index contributed by atoms with van der Waals surface area (Å²) in [6.07, 6.45) is 3.25. The van der Waals surface area contributed by atoms with Gasteiger partial charge in [-0.2, -0.15) is 0 Å². The van der Waals surface area contributed by atoms with Crippen molar-refractivity contribution in [2.75, 3.05) is 26.4 Å². The Bertz CT molecular complexity index is 272. The largest absolute Gasteiger partial charge is 0.463 e. The second kappa shape index (κ2) is 12.8. The zero-order valence-electron chi connectivity index (χ0n) is 11.8. The first-order chi connectivity index (χ1) is 9.60. The molecule has 0 bridgehead atoms. The van der Waals surface area contributed by atoms with Crippen LogP contribution in [0.25, 0.3) is 0 Å². The van der Waals surface area contributed by atoms with Gasteiger partial charge < -0.3 is 25.4 Å². The highest BCUT2D eigenvalue weighted by molar-refractivity contribution is 5.69. The number of aliphatic hydroxyl groups excluding tert-OH is 2. The van der Waals surface area contributed by atoms with Crippen LogP contribution < -0.4 is 5.73 Å². The molecule has 0 heterocycles. The first-order valence-electron chi connectivity index (χ1n) is 6.88. The minimum Gasteiger partial charge on any atom is -0.463 e. The highest BCUT2D eigenvalue weighted by Gasteiger charge is 2.09. The summed E-state index contributed by atoms with van der Waals surface area (Å²) < 4.78 is 9.42. The van der Waals surface area contributed by atoms with Gasteiger partial charge in [-0.15, -0.1) is 0 Å². The summed E-state index contributed by atoms with van der Waals surface area (Å²) in [7, 11) is 0. The van der Waals surface area contributed by atoms with Gasteiger partial charge in [-0.1, -0.05) is 6.42 Å². The van der Waals surface area contributed by atoms with Crippen molar-refractivity contribution in [3.63, 3.8) is 0 Å². The van der Waals surface area contributed by atoms with Crippen molar-refractivity contribution < 1.29 is 29.3 Å². The van der Waals surface area contributed by atoms with Gasteiger partial charge in [0.25, 0.3) is 0 Å². The van der Waals surface area contributed by atoms with E-state index in [0.29, 0.717) is 19.3 Å². The van der Waals surface area contributed by atoms with Crippen LogP contribution in [-0.4, -0.2) is 54.6 Å². The third-order valence-electron chi connectivity index (χ3n) is 2.63. The molecule has 0 spiro atoms. The lowest BCUT2D eigenvalue weighted by molar-refractivity contribution is -0.145. The fourth-order valence-electron chi connectivity index (χ4n) is 1.59. The second-order valence-corrected chi connectivity index (χ2v) is 4.43. The number of esters is 2. The van der Waals surface area contributed by atoms with Crippen molar-refractivity contribution in [2.24, 2.45) is 5.73 Å². The predicted molar refractivity (Wildman–Crippen MR) is 71.8 cm³/mol. The van der Waals surface area contributed by atoms with E-state index in [1.165, 1.54) is 0 Å². The van der Waals surface area contributed by atoms with Gasteiger partial charge in [0.2, 0.25) is 0 Å². The van der Waals surface area contributed by atoms with Crippen LogP contribution in [0.1, 0.15) is 38.5 Å². The molecule has 0 aliphatic rings. The Morgan fingerprint density at radius 1 is 0.900 bits per heavy atom. The molecule has 0 saturated heterocycles. The van der Waals surface area contributed by atoms with Gasteiger partial charge in [0.15, 0.2) is 0 Å². The third-order valence-corrected chi connectivity index (χ3v) is 2.63. The number of hydrogen-bond acceptors (Lipinski definition) is 7. The lowest BCUT2D eigenvalue weighted by Gasteiger charge is -2.10. The predicted octanol–water partition coefficient (Wildman–Crippen LogP) is -0.275. The first-order valence-corrected chi connectivity index (χ1v) is 6.88. The number of carbonyl (C=O) groups is 2. The average Bonchev–Trinajstić information content (AvgIpc) is 2.45. The summed E-state index contributed by atoms with van der Waals surface area (Å²) in [5.74, 6) is -0.678. The molecule has 0 aliphatic heterocycles. The standard InChI is InChI=1S/C13H25NO6/c14-11(5-6-13(18)20-10-8-16)3-1-2-4-12(17)19-9-7-15/h11,15-16H,1-10,14H2. The number of hydrogen-bond donors (Lipinski definition) is 3. The van der Waals surface area contributed by atoms with E-state index in [1.807, 2.05) is 0 Å². The van der Waals surface area contributed by atoms with Gasteiger partial charge in [-0.25, -0.2) is 0 Å². The second-order valence-electron chi connectivity index (χ2n) is 4.43. The Hall–Kier alpha value is -1.18. The quantitative estimate of drug-likeness (QED) is 0.334. The number of nitrogens with two attached hydrogens (primary N) is 1. The molecule has 0 aromatic carbocycles. The van der Waals surface area contributed by atoms with E-state index in [9.17, 15) is 9.59 Å². The van der Waals surface area contributed by atoms with Gasteiger partial charge in [0, 0.05) is 18.9 Å². The van der Waals surface area contributed by atoms with Crippen LogP contribution in [-0.2, 0) is 19.1 Å². The Morgan fingerprint density at radius 3 is 2.00 bits per heavy atom.